The lowest BCUT2D eigenvalue weighted by Gasteiger charge is -2.73. The Bertz CT molecular complexity index is 1130. The zero-order valence-corrected chi connectivity index (χ0v) is 19.4. The molecule has 8 heteroatoms. The number of amides is 1. The van der Waals surface area contributed by atoms with Crippen LogP contribution >= 0.6 is 0 Å². The number of carbonyl (C=O) groups excluding carboxylic acids is 1. The van der Waals surface area contributed by atoms with Gasteiger partial charge in [-0.25, -0.2) is 0 Å². The number of rotatable bonds is 2. The average molecular weight is 474 g/mol. The van der Waals surface area contributed by atoms with Crippen LogP contribution in [0.25, 0.3) is 0 Å². The largest absolute Gasteiger partial charge is 0.416 e. The van der Waals surface area contributed by atoms with E-state index in [0.717, 1.165) is 37.8 Å². The highest BCUT2D eigenvalue weighted by Gasteiger charge is 2.84. The summed E-state index contributed by atoms with van der Waals surface area (Å²) in [7, 11) is 0. The van der Waals surface area contributed by atoms with Gasteiger partial charge in [-0.2, -0.15) is 13.2 Å². The van der Waals surface area contributed by atoms with E-state index in [1.807, 2.05) is 18.7 Å². The molecule has 1 aromatic rings. The van der Waals surface area contributed by atoms with Gasteiger partial charge in [0, 0.05) is 29.6 Å². The maximum Gasteiger partial charge on any atom is 0.416 e. The van der Waals surface area contributed by atoms with Crippen molar-refractivity contribution < 1.29 is 23.1 Å². The maximum atomic E-state index is 13.8. The molecule has 5 nitrogen and oxygen atoms in total. The number of fused-ring (bicyclic) bond motifs is 1. The molecule has 182 valence electrons. The maximum absolute atomic E-state index is 13.8. The zero-order chi connectivity index (χ0) is 24.3. The van der Waals surface area contributed by atoms with Gasteiger partial charge in [0.15, 0.2) is 0 Å². The minimum Gasteiger partial charge on any atom is -0.404 e. The van der Waals surface area contributed by atoms with Crippen LogP contribution < -0.4 is 5.73 Å². The Morgan fingerprint density at radius 2 is 1.88 bits per heavy atom. The molecule has 34 heavy (non-hydrogen) atoms. The standard InChI is InChI=1S/C26H30F3N3O2/c1-23(2)7-8-32(20-14-9-16-11-24(34)12-19(20)25(16,24)10-14)22(33)18(13-30)21(23)31-17-5-3-15(4-6-17)26(27,28)29/h3-6,13-14,16,19-20,34H,7-12,30H2,1-2H3/t14?,16?,19?,20-,24?,25?/m1/s1. The summed E-state index contributed by atoms with van der Waals surface area (Å²) in [5.74, 6) is 1.19. The van der Waals surface area contributed by atoms with Gasteiger partial charge in [-0.05, 0) is 74.1 Å². The van der Waals surface area contributed by atoms with Crippen molar-refractivity contribution in [2.24, 2.45) is 39.3 Å². The van der Waals surface area contributed by atoms with E-state index in [-0.39, 0.29) is 17.4 Å². The fraction of sp³-hybridized carbons (Fsp3) is 0.615. The molecule has 5 aliphatic rings. The van der Waals surface area contributed by atoms with Crippen LogP contribution in [-0.4, -0.2) is 39.8 Å². The van der Waals surface area contributed by atoms with Crippen molar-refractivity contribution >= 4 is 17.3 Å². The number of halogens is 3. The van der Waals surface area contributed by atoms with Gasteiger partial charge >= 0.3 is 6.18 Å². The summed E-state index contributed by atoms with van der Waals surface area (Å²) in [6.45, 7) is 4.57. The van der Waals surface area contributed by atoms with E-state index in [9.17, 15) is 23.1 Å². The van der Waals surface area contributed by atoms with E-state index < -0.39 is 22.8 Å². The summed E-state index contributed by atoms with van der Waals surface area (Å²) in [6, 6.07) is 4.78. The van der Waals surface area contributed by atoms with Crippen molar-refractivity contribution in [2.45, 2.75) is 63.8 Å². The molecule has 1 saturated heterocycles. The van der Waals surface area contributed by atoms with Gasteiger partial charge in [-0.1, -0.05) is 13.8 Å². The lowest BCUT2D eigenvalue weighted by atomic mass is 9.35. The van der Waals surface area contributed by atoms with Crippen LogP contribution in [0.5, 0.6) is 0 Å². The van der Waals surface area contributed by atoms with E-state index in [2.05, 4.69) is 4.99 Å². The first-order chi connectivity index (χ1) is 15.9. The number of hydrogen-bond donors (Lipinski definition) is 2. The molecule has 1 aliphatic heterocycles. The minimum absolute atomic E-state index is 0.00811. The Kier molecular flexibility index (Phi) is 4.33. The van der Waals surface area contributed by atoms with Gasteiger partial charge in [0.2, 0.25) is 0 Å². The monoisotopic (exact) mass is 473 g/mol. The molecule has 1 spiro atoms. The molecule has 0 aromatic heterocycles. The van der Waals surface area contributed by atoms with Crippen LogP contribution in [0.15, 0.2) is 41.0 Å². The predicted molar refractivity (Wildman–Crippen MR) is 121 cm³/mol. The Labute approximate surface area is 196 Å². The highest BCUT2D eigenvalue weighted by Crippen LogP contribution is 2.83. The van der Waals surface area contributed by atoms with Gasteiger partial charge in [-0.3, -0.25) is 9.79 Å². The number of aliphatic hydroxyl groups is 1. The van der Waals surface area contributed by atoms with Crippen LogP contribution in [0.3, 0.4) is 0 Å². The molecule has 1 aromatic carbocycles. The molecule has 1 amide bonds. The molecule has 2 bridgehead atoms. The van der Waals surface area contributed by atoms with Crippen molar-refractivity contribution in [1.82, 2.24) is 4.90 Å². The molecular weight excluding hydrogens is 443 g/mol. The number of nitrogens with zero attached hydrogens (tertiary/aromatic N) is 2. The summed E-state index contributed by atoms with van der Waals surface area (Å²) in [4.78, 5) is 20.5. The number of nitrogens with two attached hydrogens (primary N) is 1. The third-order valence-electron chi connectivity index (χ3n) is 9.81. The normalized spacial score (nSPS) is 42.4. The highest BCUT2D eigenvalue weighted by molar-refractivity contribution is 6.24. The third kappa shape index (κ3) is 2.66. The Morgan fingerprint density at radius 1 is 1.18 bits per heavy atom. The molecule has 1 heterocycles. The quantitative estimate of drug-likeness (QED) is 0.624. The van der Waals surface area contributed by atoms with Gasteiger partial charge in [0.05, 0.1) is 28.1 Å². The SMILES string of the molecule is CC1(C)CCN([C@@H]2C3CC4CC5(O)CC2C45C3)C(=O)C(=CN)C1=Nc1ccc(C(F)(F)F)cc1. The number of benzene rings is 1. The lowest BCUT2D eigenvalue weighted by molar-refractivity contribution is -0.314. The number of likely N-dealkylation sites (tertiary alicyclic amines) is 1. The summed E-state index contributed by atoms with van der Waals surface area (Å²) >= 11 is 0. The summed E-state index contributed by atoms with van der Waals surface area (Å²) in [6.07, 6.45) is 1.32. The number of carbonyl (C=O) groups is 1. The molecule has 5 fully saturated rings. The predicted octanol–water partition coefficient (Wildman–Crippen LogP) is 4.43. The van der Waals surface area contributed by atoms with Gasteiger partial charge in [0.25, 0.3) is 5.91 Å². The zero-order valence-electron chi connectivity index (χ0n) is 19.4. The third-order valence-corrected chi connectivity index (χ3v) is 9.81. The second-order valence-electron chi connectivity index (χ2n) is 11.7. The van der Waals surface area contributed by atoms with Crippen LogP contribution in [0.4, 0.5) is 18.9 Å². The van der Waals surface area contributed by atoms with Crippen LogP contribution in [0, 0.1) is 28.6 Å². The molecule has 0 radical (unpaired) electrons. The first-order valence-electron chi connectivity index (χ1n) is 12.1. The number of hydrogen-bond acceptors (Lipinski definition) is 4. The minimum atomic E-state index is -4.42. The molecule has 6 atom stereocenters. The van der Waals surface area contributed by atoms with Crippen LogP contribution in [-0.2, 0) is 11.0 Å². The van der Waals surface area contributed by atoms with Crippen molar-refractivity contribution in [2.75, 3.05) is 6.54 Å². The van der Waals surface area contributed by atoms with Crippen LogP contribution in [0.1, 0.15) is 51.5 Å². The van der Waals surface area contributed by atoms with Crippen molar-refractivity contribution in [3.63, 3.8) is 0 Å². The summed E-state index contributed by atoms with van der Waals surface area (Å²) in [5.41, 5.74) is 5.43. The average Bonchev–Trinajstić information content (AvgIpc) is 3.24. The molecule has 4 aliphatic carbocycles. The fourth-order valence-electron chi connectivity index (χ4n) is 8.28. The fourth-order valence-corrected chi connectivity index (χ4v) is 8.28. The Balaban J connectivity index is 1.33. The number of aliphatic imine (C=N–C) groups is 1. The second-order valence-corrected chi connectivity index (χ2v) is 11.7. The highest BCUT2D eigenvalue weighted by atomic mass is 19.4. The first-order valence-corrected chi connectivity index (χ1v) is 12.1. The van der Waals surface area contributed by atoms with Crippen molar-refractivity contribution in [1.29, 1.82) is 0 Å². The van der Waals surface area contributed by atoms with Gasteiger partial charge in [-0.15, -0.1) is 0 Å². The molecule has 6 rings (SSSR count). The molecular formula is C26H30F3N3O2. The van der Waals surface area contributed by atoms with E-state index in [1.54, 1.807) is 0 Å². The number of alkyl halides is 3. The van der Waals surface area contributed by atoms with E-state index in [4.69, 9.17) is 5.73 Å². The lowest BCUT2D eigenvalue weighted by Crippen LogP contribution is -2.76. The molecule has 3 N–H and O–H groups in total. The van der Waals surface area contributed by atoms with Crippen LogP contribution in [0.2, 0.25) is 0 Å². The van der Waals surface area contributed by atoms with E-state index >= 15 is 0 Å². The second kappa shape index (κ2) is 6.65. The van der Waals surface area contributed by atoms with E-state index in [0.29, 0.717) is 47.7 Å². The first kappa shape index (κ1) is 22.1. The Morgan fingerprint density at radius 3 is 2.47 bits per heavy atom. The molecule has 5 unspecified atom stereocenters. The molecule has 4 saturated carbocycles. The summed E-state index contributed by atoms with van der Waals surface area (Å²) in [5, 5.41) is 11.0. The van der Waals surface area contributed by atoms with Crippen molar-refractivity contribution in [3.8, 4) is 0 Å². The Hall–Kier alpha value is -2.35. The van der Waals surface area contributed by atoms with Gasteiger partial charge < -0.3 is 15.7 Å². The van der Waals surface area contributed by atoms with E-state index in [1.165, 1.54) is 18.3 Å². The smallest absolute Gasteiger partial charge is 0.404 e. The topological polar surface area (TPSA) is 78.9 Å². The summed E-state index contributed by atoms with van der Waals surface area (Å²) < 4.78 is 38.9. The van der Waals surface area contributed by atoms with Crippen molar-refractivity contribution in [3.05, 3.63) is 41.6 Å². The van der Waals surface area contributed by atoms with Gasteiger partial charge in [0.1, 0.15) is 0 Å².